The van der Waals surface area contributed by atoms with E-state index in [4.69, 9.17) is 11.6 Å². The highest BCUT2D eigenvalue weighted by Gasteiger charge is 2.13. The molecule has 0 unspecified atom stereocenters. The number of piperazine rings is 1. The molecule has 0 radical (unpaired) electrons. The van der Waals surface area contributed by atoms with Gasteiger partial charge in [-0.25, -0.2) is 0 Å². The normalized spacial score (nSPS) is 16.9. The second kappa shape index (κ2) is 8.37. The Bertz CT molecular complexity index is 459. The summed E-state index contributed by atoms with van der Waals surface area (Å²) in [6.45, 7) is 6.30. The van der Waals surface area contributed by atoms with Crippen LogP contribution >= 0.6 is 11.6 Å². The Kier molecular flexibility index (Phi) is 6.49. The summed E-state index contributed by atoms with van der Waals surface area (Å²) in [4.78, 5) is 16.8. The molecule has 0 atom stereocenters. The standard InChI is InChI=1S/C16H24ClN3O/c1-19-8-10-20(11-9-19)7-3-6-18-16(21)15-5-2-4-14(12-15)13-17/h2,4-5,12H,3,6-11,13H2,1H3,(H,18,21). The average Bonchev–Trinajstić information content (AvgIpc) is 2.53. The molecule has 0 bridgehead atoms. The quantitative estimate of drug-likeness (QED) is 0.643. The van der Waals surface area contributed by atoms with Gasteiger partial charge in [0, 0.05) is 44.2 Å². The number of alkyl halides is 1. The highest BCUT2D eigenvalue weighted by Crippen LogP contribution is 2.07. The zero-order valence-corrected chi connectivity index (χ0v) is 13.4. The number of nitrogens with zero attached hydrogens (tertiary/aromatic N) is 2. The lowest BCUT2D eigenvalue weighted by atomic mass is 10.1. The molecule has 0 spiro atoms. The van der Waals surface area contributed by atoms with Gasteiger partial charge < -0.3 is 15.1 Å². The van der Waals surface area contributed by atoms with Gasteiger partial charge in [0.05, 0.1) is 0 Å². The van der Waals surface area contributed by atoms with Gasteiger partial charge in [0.25, 0.3) is 5.91 Å². The van der Waals surface area contributed by atoms with Crippen LogP contribution in [-0.4, -0.2) is 62.0 Å². The summed E-state index contributed by atoms with van der Waals surface area (Å²) in [6.07, 6.45) is 0.991. The fraction of sp³-hybridized carbons (Fsp3) is 0.562. The number of amides is 1. The molecule has 1 aliphatic heterocycles. The van der Waals surface area contributed by atoms with E-state index < -0.39 is 0 Å². The predicted octanol–water partition coefficient (Wildman–Crippen LogP) is 1.79. The van der Waals surface area contributed by atoms with E-state index in [2.05, 4.69) is 22.2 Å². The molecule has 0 aromatic heterocycles. The average molecular weight is 310 g/mol. The molecule has 21 heavy (non-hydrogen) atoms. The summed E-state index contributed by atoms with van der Waals surface area (Å²) < 4.78 is 0. The minimum atomic E-state index is -0.0136. The van der Waals surface area contributed by atoms with Crippen LogP contribution in [0.5, 0.6) is 0 Å². The number of hydrogen-bond donors (Lipinski definition) is 1. The molecule has 1 amide bonds. The molecule has 1 saturated heterocycles. The predicted molar refractivity (Wildman–Crippen MR) is 86.9 cm³/mol. The lowest BCUT2D eigenvalue weighted by molar-refractivity contribution is 0.0949. The van der Waals surface area contributed by atoms with Crippen LogP contribution in [0.1, 0.15) is 22.3 Å². The van der Waals surface area contributed by atoms with Gasteiger partial charge in [0.1, 0.15) is 0 Å². The maximum atomic E-state index is 12.0. The number of benzene rings is 1. The zero-order chi connectivity index (χ0) is 15.1. The Morgan fingerprint density at radius 3 is 2.76 bits per heavy atom. The smallest absolute Gasteiger partial charge is 0.251 e. The molecule has 1 fully saturated rings. The second-order valence-corrected chi connectivity index (χ2v) is 5.86. The number of carbonyl (C=O) groups excluding carboxylic acids is 1. The summed E-state index contributed by atoms with van der Waals surface area (Å²) in [6, 6.07) is 7.47. The molecule has 5 heteroatoms. The summed E-state index contributed by atoms with van der Waals surface area (Å²) >= 11 is 5.79. The number of halogens is 1. The highest BCUT2D eigenvalue weighted by atomic mass is 35.5. The van der Waals surface area contributed by atoms with Gasteiger partial charge in [0.2, 0.25) is 0 Å². The minimum absolute atomic E-state index is 0.0136. The van der Waals surface area contributed by atoms with Crippen LogP contribution in [-0.2, 0) is 5.88 Å². The fourth-order valence-electron chi connectivity index (χ4n) is 2.47. The molecule has 116 valence electrons. The summed E-state index contributed by atoms with van der Waals surface area (Å²) in [5, 5.41) is 2.98. The minimum Gasteiger partial charge on any atom is -0.352 e. The van der Waals surface area contributed by atoms with Crippen molar-refractivity contribution in [2.45, 2.75) is 12.3 Å². The van der Waals surface area contributed by atoms with E-state index in [9.17, 15) is 4.79 Å². The van der Waals surface area contributed by atoms with E-state index in [-0.39, 0.29) is 5.91 Å². The van der Waals surface area contributed by atoms with Crippen LogP contribution < -0.4 is 5.32 Å². The monoisotopic (exact) mass is 309 g/mol. The summed E-state index contributed by atoms with van der Waals surface area (Å²) in [7, 11) is 2.16. The Morgan fingerprint density at radius 1 is 1.29 bits per heavy atom. The molecule has 1 aromatic carbocycles. The van der Waals surface area contributed by atoms with Crippen LogP contribution in [0.25, 0.3) is 0 Å². The third-order valence-corrected chi connectivity index (χ3v) is 4.18. The topological polar surface area (TPSA) is 35.6 Å². The molecular weight excluding hydrogens is 286 g/mol. The van der Waals surface area contributed by atoms with E-state index in [1.54, 1.807) is 0 Å². The highest BCUT2D eigenvalue weighted by molar-refractivity contribution is 6.17. The van der Waals surface area contributed by atoms with Gasteiger partial charge in [0.15, 0.2) is 0 Å². The first-order chi connectivity index (χ1) is 10.2. The summed E-state index contributed by atoms with van der Waals surface area (Å²) in [5.41, 5.74) is 1.66. The maximum absolute atomic E-state index is 12.0. The second-order valence-electron chi connectivity index (χ2n) is 5.59. The molecule has 1 aromatic rings. The molecule has 4 nitrogen and oxygen atoms in total. The van der Waals surface area contributed by atoms with E-state index in [0.717, 1.165) is 51.3 Å². The van der Waals surface area contributed by atoms with E-state index in [1.807, 2.05) is 24.3 Å². The molecule has 0 saturated carbocycles. The van der Waals surface area contributed by atoms with Gasteiger partial charge >= 0.3 is 0 Å². The molecule has 1 heterocycles. The van der Waals surface area contributed by atoms with Gasteiger partial charge in [-0.15, -0.1) is 11.6 Å². The van der Waals surface area contributed by atoms with Crippen molar-refractivity contribution < 1.29 is 4.79 Å². The third kappa shape index (κ3) is 5.30. The van der Waals surface area contributed by atoms with Crippen LogP contribution in [0.4, 0.5) is 0 Å². The van der Waals surface area contributed by atoms with Gasteiger partial charge in [-0.1, -0.05) is 12.1 Å². The van der Waals surface area contributed by atoms with Crippen molar-refractivity contribution in [1.82, 2.24) is 15.1 Å². The van der Waals surface area contributed by atoms with Crippen molar-refractivity contribution in [2.75, 3.05) is 46.3 Å². The van der Waals surface area contributed by atoms with Gasteiger partial charge in [-0.2, -0.15) is 0 Å². The van der Waals surface area contributed by atoms with Crippen molar-refractivity contribution >= 4 is 17.5 Å². The maximum Gasteiger partial charge on any atom is 0.251 e. The number of nitrogens with one attached hydrogen (secondary N) is 1. The Hall–Kier alpha value is -1.10. The lowest BCUT2D eigenvalue weighted by Crippen LogP contribution is -2.45. The molecular formula is C16H24ClN3O. The van der Waals surface area contributed by atoms with Crippen molar-refractivity contribution in [2.24, 2.45) is 0 Å². The Labute approximate surface area is 132 Å². The van der Waals surface area contributed by atoms with Gasteiger partial charge in [-0.05, 0) is 37.7 Å². The summed E-state index contributed by atoms with van der Waals surface area (Å²) in [5.74, 6) is 0.421. The van der Waals surface area contributed by atoms with Gasteiger partial charge in [-0.3, -0.25) is 4.79 Å². The zero-order valence-electron chi connectivity index (χ0n) is 12.6. The van der Waals surface area contributed by atoms with Crippen molar-refractivity contribution in [3.05, 3.63) is 35.4 Å². The van der Waals surface area contributed by atoms with E-state index >= 15 is 0 Å². The molecule has 2 rings (SSSR count). The first-order valence-electron chi connectivity index (χ1n) is 7.53. The van der Waals surface area contributed by atoms with Crippen molar-refractivity contribution in [3.8, 4) is 0 Å². The molecule has 1 N–H and O–H groups in total. The van der Waals surface area contributed by atoms with Crippen LogP contribution in [0.3, 0.4) is 0 Å². The van der Waals surface area contributed by atoms with Crippen molar-refractivity contribution in [1.29, 1.82) is 0 Å². The number of rotatable bonds is 6. The third-order valence-electron chi connectivity index (χ3n) is 3.88. The first kappa shape index (κ1) is 16.3. The van der Waals surface area contributed by atoms with Crippen molar-refractivity contribution in [3.63, 3.8) is 0 Å². The first-order valence-corrected chi connectivity index (χ1v) is 8.06. The fourth-order valence-corrected chi connectivity index (χ4v) is 2.64. The number of hydrogen-bond acceptors (Lipinski definition) is 3. The molecule has 1 aliphatic rings. The Morgan fingerprint density at radius 2 is 2.05 bits per heavy atom. The van der Waals surface area contributed by atoms with Crippen LogP contribution in [0, 0.1) is 0 Å². The van der Waals surface area contributed by atoms with E-state index in [1.165, 1.54) is 0 Å². The van der Waals surface area contributed by atoms with E-state index in [0.29, 0.717) is 11.4 Å². The van der Waals surface area contributed by atoms with Crippen LogP contribution in [0.2, 0.25) is 0 Å². The SMILES string of the molecule is CN1CCN(CCCNC(=O)c2cccc(CCl)c2)CC1. The number of carbonyl (C=O) groups is 1. The molecule has 0 aliphatic carbocycles. The van der Waals surface area contributed by atoms with Crippen LogP contribution in [0.15, 0.2) is 24.3 Å². The lowest BCUT2D eigenvalue weighted by Gasteiger charge is -2.32. The number of likely N-dealkylation sites (N-methyl/N-ethyl adjacent to an activating group) is 1. The Balaban J connectivity index is 1.67. The largest absolute Gasteiger partial charge is 0.352 e.